The Morgan fingerprint density at radius 3 is 2.90 bits per heavy atom. The van der Waals surface area contributed by atoms with Gasteiger partial charge in [-0.3, -0.25) is 5.32 Å². The Balaban J connectivity index is 1.61. The fourth-order valence-electron chi connectivity index (χ4n) is 1.81. The van der Waals surface area contributed by atoms with Gasteiger partial charge in [0.2, 0.25) is 0 Å². The summed E-state index contributed by atoms with van der Waals surface area (Å²) in [6, 6.07) is 15.1. The number of fused-ring (bicyclic) bond motifs is 1. The molecule has 20 heavy (non-hydrogen) atoms. The molecule has 0 aliphatic carbocycles. The molecule has 0 aliphatic rings. The van der Waals surface area contributed by atoms with E-state index in [1.165, 1.54) is 11.3 Å². The van der Waals surface area contributed by atoms with Crippen LogP contribution in [0.3, 0.4) is 0 Å². The highest BCUT2D eigenvalue weighted by atomic mass is 32.1. The van der Waals surface area contributed by atoms with Crippen molar-refractivity contribution in [2.45, 2.75) is 6.61 Å². The van der Waals surface area contributed by atoms with Crippen LogP contribution in [0.1, 0.15) is 5.56 Å². The number of amides is 1. The quantitative estimate of drug-likeness (QED) is 0.789. The van der Waals surface area contributed by atoms with Crippen LogP contribution in [0, 0.1) is 0 Å². The van der Waals surface area contributed by atoms with Crippen molar-refractivity contribution in [1.82, 2.24) is 4.98 Å². The van der Waals surface area contributed by atoms with Crippen LogP contribution in [0.15, 0.2) is 54.0 Å². The predicted molar refractivity (Wildman–Crippen MR) is 79.9 cm³/mol. The molecule has 5 heteroatoms. The first kappa shape index (κ1) is 12.6. The summed E-state index contributed by atoms with van der Waals surface area (Å²) in [4.78, 5) is 15.9. The van der Waals surface area contributed by atoms with Crippen molar-refractivity contribution in [2.24, 2.45) is 0 Å². The zero-order chi connectivity index (χ0) is 13.8. The van der Waals surface area contributed by atoms with E-state index in [9.17, 15) is 4.79 Å². The molecular formula is C15H12N2O2S. The molecule has 0 fully saturated rings. The summed E-state index contributed by atoms with van der Waals surface area (Å²) >= 11 is 1.54. The Labute approximate surface area is 120 Å². The minimum Gasteiger partial charge on any atom is -0.444 e. The van der Waals surface area contributed by atoms with Crippen molar-refractivity contribution in [1.29, 1.82) is 0 Å². The third-order valence-electron chi connectivity index (χ3n) is 2.79. The number of carbonyl (C=O) groups excluding carboxylic acids is 1. The van der Waals surface area contributed by atoms with E-state index in [1.807, 2.05) is 48.5 Å². The van der Waals surface area contributed by atoms with Gasteiger partial charge in [0, 0.05) is 5.69 Å². The van der Waals surface area contributed by atoms with Gasteiger partial charge in [0.25, 0.3) is 0 Å². The first-order chi connectivity index (χ1) is 9.81. The van der Waals surface area contributed by atoms with E-state index >= 15 is 0 Å². The van der Waals surface area contributed by atoms with Gasteiger partial charge in [0.05, 0.1) is 15.7 Å². The van der Waals surface area contributed by atoms with E-state index < -0.39 is 6.09 Å². The van der Waals surface area contributed by atoms with Crippen LogP contribution in [0.4, 0.5) is 10.5 Å². The number of aromatic nitrogens is 1. The SMILES string of the molecule is O=C(Nc1ccc2ncsc2c1)OCc1ccccc1. The maximum atomic E-state index is 11.7. The van der Waals surface area contributed by atoms with Crippen molar-refractivity contribution >= 4 is 33.3 Å². The number of hydrogen-bond donors (Lipinski definition) is 1. The molecule has 1 N–H and O–H groups in total. The normalized spacial score (nSPS) is 10.4. The molecule has 100 valence electrons. The van der Waals surface area contributed by atoms with Crippen LogP contribution in [-0.4, -0.2) is 11.1 Å². The number of carbonyl (C=O) groups is 1. The molecule has 0 atom stereocenters. The highest BCUT2D eigenvalue weighted by molar-refractivity contribution is 7.16. The number of nitrogens with one attached hydrogen (secondary N) is 1. The number of anilines is 1. The van der Waals surface area contributed by atoms with Crippen LogP contribution in [-0.2, 0) is 11.3 Å². The molecule has 0 spiro atoms. The summed E-state index contributed by atoms with van der Waals surface area (Å²) in [5.41, 5.74) is 4.38. The molecule has 0 aliphatic heterocycles. The number of thiazole rings is 1. The molecule has 0 unspecified atom stereocenters. The van der Waals surface area contributed by atoms with Gasteiger partial charge in [-0.1, -0.05) is 30.3 Å². The van der Waals surface area contributed by atoms with Crippen molar-refractivity contribution in [3.8, 4) is 0 Å². The van der Waals surface area contributed by atoms with E-state index in [4.69, 9.17) is 4.74 Å². The van der Waals surface area contributed by atoms with Crippen LogP contribution in [0.2, 0.25) is 0 Å². The number of nitrogens with zero attached hydrogens (tertiary/aromatic N) is 1. The molecule has 3 rings (SSSR count). The summed E-state index contributed by atoms with van der Waals surface area (Å²) < 4.78 is 6.20. The fourth-order valence-corrected chi connectivity index (χ4v) is 2.53. The second kappa shape index (κ2) is 5.71. The summed E-state index contributed by atoms with van der Waals surface area (Å²) in [7, 11) is 0. The van der Waals surface area contributed by atoms with Crippen molar-refractivity contribution < 1.29 is 9.53 Å². The highest BCUT2D eigenvalue weighted by Gasteiger charge is 2.05. The summed E-state index contributed by atoms with van der Waals surface area (Å²) in [5, 5.41) is 2.71. The molecule has 1 heterocycles. The van der Waals surface area contributed by atoms with Crippen LogP contribution in [0.25, 0.3) is 10.2 Å². The van der Waals surface area contributed by atoms with Crippen LogP contribution >= 0.6 is 11.3 Å². The van der Waals surface area contributed by atoms with E-state index in [2.05, 4.69) is 10.3 Å². The topological polar surface area (TPSA) is 51.2 Å². The number of hydrogen-bond acceptors (Lipinski definition) is 4. The average molecular weight is 284 g/mol. The minimum atomic E-state index is -0.460. The van der Waals surface area contributed by atoms with E-state index in [-0.39, 0.29) is 6.61 Å². The third-order valence-corrected chi connectivity index (χ3v) is 3.58. The summed E-state index contributed by atoms with van der Waals surface area (Å²) in [5.74, 6) is 0. The Bertz CT molecular complexity index is 725. The highest BCUT2D eigenvalue weighted by Crippen LogP contribution is 2.21. The fraction of sp³-hybridized carbons (Fsp3) is 0.0667. The Hall–Kier alpha value is -2.40. The van der Waals surface area contributed by atoms with E-state index in [1.54, 1.807) is 5.51 Å². The molecular weight excluding hydrogens is 272 g/mol. The summed E-state index contributed by atoms with van der Waals surface area (Å²) in [6.45, 7) is 0.259. The zero-order valence-corrected chi connectivity index (χ0v) is 11.4. The van der Waals surface area contributed by atoms with Crippen LogP contribution in [0.5, 0.6) is 0 Å². The van der Waals surface area contributed by atoms with Gasteiger partial charge < -0.3 is 4.74 Å². The van der Waals surface area contributed by atoms with Gasteiger partial charge >= 0.3 is 6.09 Å². The lowest BCUT2D eigenvalue weighted by Crippen LogP contribution is -2.13. The largest absolute Gasteiger partial charge is 0.444 e. The first-order valence-electron chi connectivity index (χ1n) is 6.12. The number of rotatable bonds is 3. The Morgan fingerprint density at radius 1 is 1.20 bits per heavy atom. The lowest BCUT2D eigenvalue weighted by Gasteiger charge is -2.07. The van der Waals surface area contributed by atoms with Crippen molar-refractivity contribution in [2.75, 3.05) is 5.32 Å². The average Bonchev–Trinajstić information content (AvgIpc) is 2.94. The zero-order valence-electron chi connectivity index (χ0n) is 10.6. The van der Waals surface area contributed by atoms with E-state index in [0.29, 0.717) is 5.69 Å². The molecule has 0 saturated heterocycles. The van der Waals surface area contributed by atoms with Gasteiger partial charge in [-0.05, 0) is 23.8 Å². The number of benzene rings is 2. The molecule has 0 saturated carbocycles. The van der Waals surface area contributed by atoms with Crippen molar-refractivity contribution in [3.63, 3.8) is 0 Å². The van der Waals surface area contributed by atoms with Gasteiger partial charge in [0.15, 0.2) is 0 Å². The third kappa shape index (κ3) is 2.95. The second-order valence-electron chi connectivity index (χ2n) is 4.22. The van der Waals surface area contributed by atoms with Gasteiger partial charge in [-0.15, -0.1) is 11.3 Å². The molecule has 2 aromatic carbocycles. The second-order valence-corrected chi connectivity index (χ2v) is 5.11. The predicted octanol–water partition coefficient (Wildman–Crippen LogP) is 4.05. The molecule has 1 amide bonds. The lowest BCUT2D eigenvalue weighted by atomic mass is 10.2. The van der Waals surface area contributed by atoms with E-state index in [0.717, 1.165) is 15.8 Å². The maximum absolute atomic E-state index is 11.7. The van der Waals surface area contributed by atoms with Gasteiger partial charge in [-0.25, -0.2) is 9.78 Å². The standard InChI is InChI=1S/C15H12N2O2S/c18-15(19-9-11-4-2-1-3-5-11)17-12-6-7-13-14(8-12)20-10-16-13/h1-8,10H,9H2,(H,17,18). The molecule has 1 aromatic heterocycles. The van der Waals surface area contributed by atoms with Crippen LogP contribution < -0.4 is 5.32 Å². The monoisotopic (exact) mass is 284 g/mol. The lowest BCUT2D eigenvalue weighted by molar-refractivity contribution is 0.155. The summed E-state index contributed by atoms with van der Waals surface area (Å²) in [6.07, 6.45) is -0.460. The minimum absolute atomic E-state index is 0.259. The Morgan fingerprint density at radius 2 is 2.05 bits per heavy atom. The molecule has 4 nitrogen and oxygen atoms in total. The molecule has 3 aromatic rings. The smallest absolute Gasteiger partial charge is 0.411 e. The molecule has 0 bridgehead atoms. The van der Waals surface area contributed by atoms with Gasteiger partial charge in [-0.2, -0.15) is 0 Å². The Kier molecular flexibility index (Phi) is 3.60. The number of ether oxygens (including phenoxy) is 1. The first-order valence-corrected chi connectivity index (χ1v) is 7.00. The van der Waals surface area contributed by atoms with Gasteiger partial charge in [0.1, 0.15) is 6.61 Å². The maximum Gasteiger partial charge on any atom is 0.411 e. The van der Waals surface area contributed by atoms with Crippen molar-refractivity contribution in [3.05, 3.63) is 59.6 Å². The molecule has 0 radical (unpaired) electrons.